The molecule has 0 unspecified atom stereocenters. The molecule has 80 valence electrons. The maximum Gasteiger partial charge on any atom is 0.305 e. The predicted molar refractivity (Wildman–Crippen MR) is 54.9 cm³/mol. The summed E-state index contributed by atoms with van der Waals surface area (Å²) in [6.45, 7) is 5.93. The lowest BCUT2D eigenvalue weighted by Crippen LogP contribution is -2.04. The van der Waals surface area contributed by atoms with Crippen LogP contribution >= 0.6 is 0 Å². The van der Waals surface area contributed by atoms with Crippen molar-refractivity contribution in [3.63, 3.8) is 0 Å². The molecule has 0 aromatic heterocycles. The van der Waals surface area contributed by atoms with Crippen molar-refractivity contribution in [2.24, 2.45) is 0 Å². The molecule has 3 nitrogen and oxygen atoms in total. The van der Waals surface area contributed by atoms with Gasteiger partial charge < -0.3 is 4.74 Å². The van der Waals surface area contributed by atoms with E-state index in [1.165, 1.54) is 0 Å². The maximum atomic E-state index is 11.2. The zero-order valence-corrected chi connectivity index (χ0v) is 9.13. The Morgan fingerprint density at radius 3 is 2.36 bits per heavy atom. The van der Waals surface area contributed by atoms with Gasteiger partial charge in [-0.3, -0.25) is 9.59 Å². The molecule has 0 aliphatic rings. The van der Waals surface area contributed by atoms with Crippen LogP contribution in [0.5, 0.6) is 0 Å². The third kappa shape index (κ3) is 7.53. The zero-order chi connectivity index (χ0) is 11.0. The van der Waals surface area contributed by atoms with Gasteiger partial charge in [-0.1, -0.05) is 5.57 Å². The number of rotatable bonds is 6. The summed E-state index contributed by atoms with van der Waals surface area (Å²) in [5.41, 5.74) is 0.992. The van der Waals surface area contributed by atoms with Crippen LogP contribution in [-0.2, 0) is 14.3 Å². The summed E-state index contributed by atoms with van der Waals surface area (Å²) in [7, 11) is 0. The van der Waals surface area contributed by atoms with Crippen LogP contribution in [0.1, 0.15) is 40.0 Å². The summed E-state index contributed by atoms with van der Waals surface area (Å²) < 4.78 is 4.74. The SMILES string of the molecule is CCOC(=O)CCCC(=O)C=C(C)C. The summed E-state index contributed by atoms with van der Waals surface area (Å²) in [5.74, 6) is -0.146. The topological polar surface area (TPSA) is 43.4 Å². The summed E-state index contributed by atoms with van der Waals surface area (Å²) in [6, 6.07) is 0. The molecule has 0 rings (SSSR count). The third-order valence-corrected chi connectivity index (χ3v) is 1.56. The molecular formula is C11H18O3. The van der Waals surface area contributed by atoms with Crippen LogP contribution in [0, 0.1) is 0 Å². The lowest BCUT2D eigenvalue weighted by Gasteiger charge is -1.99. The Balaban J connectivity index is 3.59. The lowest BCUT2D eigenvalue weighted by molar-refractivity contribution is -0.143. The van der Waals surface area contributed by atoms with Gasteiger partial charge >= 0.3 is 5.97 Å². The van der Waals surface area contributed by atoms with Crippen LogP contribution in [-0.4, -0.2) is 18.4 Å². The first-order chi connectivity index (χ1) is 6.56. The molecule has 0 aromatic rings. The van der Waals surface area contributed by atoms with Gasteiger partial charge in [0, 0.05) is 12.8 Å². The molecule has 0 saturated carbocycles. The van der Waals surface area contributed by atoms with Crippen molar-refractivity contribution in [2.75, 3.05) is 6.61 Å². The molecular weight excluding hydrogens is 180 g/mol. The molecule has 0 radical (unpaired) electrons. The molecule has 0 atom stereocenters. The van der Waals surface area contributed by atoms with E-state index in [9.17, 15) is 9.59 Å². The lowest BCUT2D eigenvalue weighted by atomic mass is 10.1. The van der Waals surface area contributed by atoms with Crippen molar-refractivity contribution < 1.29 is 14.3 Å². The minimum atomic E-state index is -0.225. The average Bonchev–Trinajstić information content (AvgIpc) is 2.02. The van der Waals surface area contributed by atoms with Crippen molar-refractivity contribution in [1.82, 2.24) is 0 Å². The van der Waals surface area contributed by atoms with E-state index in [4.69, 9.17) is 4.74 Å². The average molecular weight is 198 g/mol. The fraction of sp³-hybridized carbons (Fsp3) is 0.636. The van der Waals surface area contributed by atoms with Gasteiger partial charge in [0.1, 0.15) is 0 Å². The molecule has 0 aromatic carbocycles. The largest absolute Gasteiger partial charge is 0.466 e. The smallest absolute Gasteiger partial charge is 0.305 e. The van der Waals surface area contributed by atoms with Gasteiger partial charge in [0.25, 0.3) is 0 Å². The number of carbonyl (C=O) groups excluding carboxylic acids is 2. The fourth-order valence-corrected chi connectivity index (χ4v) is 1.03. The standard InChI is InChI=1S/C11H18O3/c1-4-14-11(13)7-5-6-10(12)8-9(2)3/h8H,4-7H2,1-3H3. The molecule has 3 heteroatoms. The van der Waals surface area contributed by atoms with E-state index in [1.807, 2.05) is 13.8 Å². The number of ketones is 1. The number of hydrogen-bond donors (Lipinski definition) is 0. The molecule has 0 aliphatic carbocycles. The van der Waals surface area contributed by atoms with Gasteiger partial charge in [0.15, 0.2) is 5.78 Å². The summed E-state index contributed by atoms with van der Waals surface area (Å²) >= 11 is 0. The Bertz CT molecular complexity index is 225. The molecule has 0 saturated heterocycles. The highest BCUT2D eigenvalue weighted by Crippen LogP contribution is 2.01. The second-order valence-electron chi connectivity index (χ2n) is 3.35. The van der Waals surface area contributed by atoms with E-state index < -0.39 is 0 Å². The van der Waals surface area contributed by atoms with Gasteiger partial charge in [0.05, 0.1) is 6.61 Å². The molecule has 0 heterocycles. The van der Waals surface area contributed by atoms with Gasteiger partial charge in [-0.25, -0.2) is 0 Å². The van der Waals surface area contributed by atoms with Crippen LogP contribution in [0.4, 0.5) is 0 Å². The monoisotopic (exact) mass is 198 g/mol. The summed E-state index contributed by atoms with van der Waals surface area (Å²) in [4.78, 5) is 22.1. The maximum absolute atomic E-state index is 11.2. The van der Waals surface area contributed by atoms with Gasteiger partial charge in [0.2, 0.25) is 0 Å². The molecule has 0 amide bonds. The number of ether oxygens (including phenoxy) is 1. The quantitative estimate of drug-likeness (QED) is 0.485. The van der Waals surface area contributed by atoms with E-state index in [2.05, 4.69) is 0 Å². The highest BCUT2D eigenvalue weighted by Gasteiger charge is 2.03. The second kappa shape index (κ2) is 7.30. The van der Waals surface area contributed by atoms with Crippen LogP contribution in [0.2, 0.25) is 0 Å². The van der Waals surface area contributed by atoms with E-state index in [1.54, 1.807) is 13.0 Å². The number of hydrogen-bond acceptors (Lipinski definition) is 3. The Morgan fingerprint density at radius 2 is 1.86 bits per heavy atom. The third-order valence-electron chi connectivity index (χ3n) is 1.56. The Morgan fingerprint density at radius 1 is 1.21 bits per heavy atom. The van der Waals surface area contributed by atoms with Gasteiger partial charge in [-0.05, 0) is 33.3 Å². The fourth-order valence-electron chi connectivity index (χ4n) is 1.03. The Kier molecular flexibility index (Phi) is 6.72. The first-order valence-corrected chi connectivity index (χ1v) is 4.89. The van der Waals surface area contributed by atoms with Crippen molar-refractivity contribution in [3.8, 4) is 0 Å². The van der Waals surface area contributed by atoms with Crippen molar-refractivity contribution in [2.45, 2.75) is 40.0 Å². The summed E-state index contributed by atoms with van der Waals surface area (Å²) in [6.07, 6.45) is 2.92. The molecule has 0 N–H and O–H groups in total. The van der Waals surface area contributed by atoms with Gasteiger partial charge in [-0.15, -0.1) is 0 Å². The predicted octanol–water partition coefficient (Wildman–Crippen LogP) is 2.26. The highest BCUT2D eigenvalue weighted by atomic mass is 16.5. The van der Waals surface area contributed by atoms with Gasteiger partial charge in [-0.2, -0.15) is 0 Å². The van der Waals surface area contributed by atoms with Crippen LogP contribution in [0.25, 0.3) is 0 Å². The summed E-state index contributed by atoms with van der Waals surface area (Å²) in [5, 5.41) is 0. The number of esters is 1. The Hall–Kier alpha value is -1.12. The highest BCUT2D eigenvalue weighted by molar-refractivity contribution is 5.90. The second-order valence-corrected chi connectivity index (χ2v) is 3.35. The van der Waals surface area contributed by atoms with Crippen molar-refractivity contribution in [1.29, 1.82) is 0 Å². The molecule has 0 fully saturated rings. The Labute approximate surface area is 85.1 Å². The van der Waals surface area contributed by atoms with Crippen molar-refractivity contribution in [3.05, 3.63) is 11.6 Å². The van der Waals surface area contributed by atoms with Crippen LogP contribution < -0.4 is 0 Å². The number of carbonyl (C=O) groups is 2. The van der Waals surface area contributed by atoms with Crippen molar-refractivity contribution >= 4 is 11.8 Å². The minimum Gasteiger partial charge on any atom is -0.466 e. The van der Waals surface area contributed by atoms with Crippen LogP contribution in [0.3, 0.4) is 0 Å². The van der Waals surface area contributed by atoms with E-state index >= 15 is 0 Å². The zero-order valence-electron chi connectivity index (χ0n) is 9.13. The first kappa shape index (κ1) is 12.9. The molecule has 0 bridgehead atoms. The van der Waals surface area contributed by atoms with E-state index in [-0.39, 0.29) is 11.8 Å². The number of allylic oxidation sites excluding steroid dienone is 2. The minimum absolute atomic E-state index is 0.0781. The molecule has 0 aliphatic heterocycles. The van der Waals surface area contributed by atoms with E-state index in [0.29, 0.717) is 25.9 Å². The first-order valence-electron chi connectivity index (χ1n) is 4.89. The molecule has 14 heavy (non-hydrogen) atoms. The van der Waals surface area contributed by atoms with E-state index in [0.717, 1.165) is 5.57 Å². The normalized spacial score (nSPS) is 9.36. The van der Waals surface area contributed by atoms with Crippen LogP contribution in [0.15, 0.2) is 11.6 Å². The molecule has 0 spiro atoms.